The number of anilines is 1. The van der Waals surface area contributed by atoms with Crippen molar-refractivity contribution >= 4 is 11.8 Å². The van der Waals surface area contributed by atoms with Crippen LogP contribution in [-0.2, 0) is 6.42 Å². The Hall–Kier alpha value is -2.51. The van der Waals surface area contributed by atoms with Crippen LogP contribution >= 0.6 is 0 Å². The average Bonchev–Trinajstić information content (AvgIpc) is 2.83. The first kappa shape index (κ1) is 11.0. The summed E-state index contributed by atoms with van der Waals surface area (Å²) in [6.45, 7) is 0.545. The highest BCUT2D eigenvalue weighted by atomic mass is 16.5. The Bertz CT molecular complexity index is 482. The summed E-state index contributed by atoms with van der Waals surface area (Å²) in [6.07, 6.45) is 1.89. The van der Waals surface area contributed by atoms with Crippen LogP contribution in [0.15, 0.2) is 23.0 Å². The molecule has 0 amide bonds. The standard InChI is InChI=1S/C9H9N5O3/c15-9(16)6-1-2-7(14-13-6)10-4-3-8-11-5-12-17-8/h1-2,5H,3-4H2,(H,10,14)(H,15,16). The number of rotatable bonds is 5. The van der Waals surface area contributed by atoms with Crippen molar-refractivity contribution in [3.05, 3.63) is 30.0 Å². The van der Waals surface area contributed by atoms with E-state index in [2.05, 4.69) is 25.7 Å². The van der Waals surface area contributed by atoms with E-state index in [1.165, 1.54) is 12.4 Å². The van der Waals surface area contributed by atoms with Crippen molar-refractivity contribution in [2.45, 2.75) is 6.42 Å². The second kappa shape index (κ2) is 5.01. The molecule has 0 saturated heterocycles. The van der Waals surface area contributed by atoms with E-state index in [4.69, 9.17) is 9.63 Å². The Morgan fingerprint density at radius 3 is 2.88 bits per heavy atom. The van der Waals surface area contributed by atoms with Gasteiger partial charge in [-0.1, -0.05) is 5.16 Å². The maximum atomic E-state index is 10.5. The van der Waals surface area contributed by atoms with Crippen LogP contribution in [-0.4, -0.2) is 38.0 Å². The lowest BCUT2D eigenvalue weighted by molar-refractivity contribution is 0.0689. The summed E-state index contributed by atoms with van der Waals surface area (Å²) in [5.74, 6) is -0.0861. The van der Waals surface area contributed by atoms with Crippen molar-refractivity contribution in [1.82, 2.24) is 20.3 Å². The van der Waals surface area contributed by atoms with Crippen molar-refractivity contribution in [3.63, 3.8) is 0 Å². The summed E-state index contributed by atoms with van der Waals surface area (Å²) in [5, 5.41) is 22.3. The minimum absolute atomic E-state index is 0.0903. The summed E-state index contributed by atoms with van der Waals surface area (Å²) in [7, 11) is 0. The van der Waals surface area contributed by atoms with Gasteiger partial charge in [0.25, 0.3) is 0 Å². The molecular formula is C9H9N5O3. The molecule has 2 N–H and O–H groups in total. The lowest BCUT2D eigenvalue weighted by Crippen LogP contribution is -2.09. The van der Waals surface area contributed by atoms with Gasteiger partial charge < -0.3 is 14.9 Å². The van der Waals surface area contributed by atoms with Gasteiger partial charge in [-0.05, 0) is 12.1 Å². The zero-order valence-electron chi connectivity index (χ0n) is 8.70. The predicted octanol–water partition coefficient (Wildman–Crippen LogP) is 0.212. The van der Waals surface area contributed by atoms with E-state index >= 15 is 0 Å². The molecule has 17 heavy (non-hydrogen) atoms. The Morgan fingerprint density at radius 2 is 2.29 bits per heavy atom. The molecule has 0 aliphatic carbocycles. The third-order valence-electron chi connectivity index (χ3n) is 1.94. The number of aromatic carboxylic acids is 1. The van der Waals surface area contributed by atoms with E-state index in [0.717, 1.165) is 0 Å². The molecule has 0 unspecified atom stereocenters. The molecule has 0 radical (unpaired) electrons. The smallest absolute Gasteiger partial charge is 0.356 e. The number of carbonyl (C=O) groups is 1. The van der Waals surface area contributed by atoms with Gasteiger partial charge in [0.05, 0.1) is 0 Å². The monoisotopic (exact) mass is 235 g/mol. The molecule has 2 heterocycles. The number of aromatic nitrogens is 4. The van der Waals surface area contributed by atoms with Crippen LogP contribution in [0.4, 0.5) is 5.82 Å². The SMILES string of the molecule is O=C(O)c1ccc(NCCc2ncno2)nn1. The van der Waals surface area contributed by atoms with Gasteiger partial charge in [-0.25, -0.2) is 4.79 Å². The van der Waals surface area contributed by atoms with E-state index in [9.17, 15) is 4.79 Å². The van der Waals surface area contributed by atoms with Crippen molar-refractivity contribution in [2.24, 2.45) is 0 Å². The van der Waals surface area contributed by atoms with Crippen molar-refractivity contribution in [1.29, 1.82) is 0 Å². The van der Waals surface area contributed by atoms with E-state index in [1.54, 1.807) is 6.07 Å². The maximum absolute atomic E-state index is 10.5. The number of carboxylic acids is 1. The largest absolute Gasteiger partial charge is 0.476 e. The van der Waals surface area contributed by atoms with Gasteiger partial charge in [0, 0.05) is 13.0 Å². The predicted molar refractivity (Wildman–Crippen MR) is 55.5 cm³/mol. The first-order valence-electron chi connectivity index (χ1n) is 4.82. The first-order valence-corrected chi connectivity index (χ1v) is 4.82. The van der Waals surface area contributed by atoms with Gasteiger partial charge >= 0.3 is 5.97 Å². The molecule has 2 rings (SSSR count). The molecule has 8 heteroatoms. The van der Waals surface area contributed by atoms with Gasteiger partial charge in [0.2, 0.25) is 5.89 Å². The van der Waals surface area contributed by atoms with Crippen LogP contribution < -0.4 is 5.32 Å². The van der Waals surface area contributed by atoms with Crippen LogP contribution in [0, 0.1) is 0 Å². The zero-order valence-corrected chi connectivity index (χ0v) is 8.70. The normalized spacial score (nSPS) is 10.1. The van der Waals surface area contributed by atoms with Gasteiger partial charge in [-0.15, -0.1) is 10.2 Å². The number of hydrogen-bond acceptors (Lipinski definition) is 7. The lowest BCUT2D eigenvalue weighted by Gasteiger charge is -2.02. The summed E-state index contributed by atoms with van der Waals surface area (Å²) in [4.78, 5) is 14.4. The van der Waals surface area contributed by atoms with Crippen molar-refractivity contribution in [3.8, 4) is 0 Å². The minimum Gasteiger partial charge on any atom is -0.476 e. The number of hydrogen-bond donors (Lipinski definition) is 2. The Balaban J connectivity index is 1.85. The molecule has 0 atom stereocenters. The van der Waals surface area contributed by atoms with Crippen LogP contribution in [0.25, 0.3) is 0 Å². The van der Waals surface area contributed by atoms with Gasteiger partial charge in [0.1, 0.15) is 5.82 Å². The molecular weight excluding hydrogens is 226 g/mol. The fourth-order valence-electron chi connectivity index (χ4n) is 1.14. The van der Waals surface area contributed by atoms with Gasteiger partial charge in [-0.3, -0.25) is 0 Å². The molecule has 2 aromatic heterocycles. The molecule has 2 aromatic rings. The Morgan fingerprint density at radius 1 is 1.41 bits per heavy atom. The molecule has 0 fully saturated rings. The average molecular weight is 235 g/mol. The van der Waals surface area contributed by atoms with Gasteiger partial charge in [-0.2, -0.15) is 4.98 Å². The second-order valence-electron chi connectivity index (χ2n) is 3.12. The first-order chi connectivity index (χ1) is 8.25. The molecule has 0 bridgehead atoms. The highest BCUT2D eigenvalue weighted by Crippen LogP contribution is 2.02. The lowest BCUT2D eigenvalue weighted by atomic mass is 10.4. The maximum Gasteiger partial charge on any atom is 0.356 e. The van der Waals surface area contributed by atoms with Crippen LogP contribution in [0.5, 0.6) is 0 Å². The van der Waals surface area contributed by atoms with E-state index in [1.807, 2.05) is 0 Å². The fourth-order valence-corrected chi connectivity index (χ4v) is 1.14. The summed E-state index contributed by atoms with van der Waals surface area (Å²) in [6, 6.07) is 2.93. The van der Waals surface area contributed by atoms with E-state index in [0.29, 0.717) is 24.7 Å². The summed E-state index contributed by atoms with van der Waals surface area (Å²) < 4.78 is 4.81. The number of nitrogens with zero attached hydrogens (tertiary/aromatic N) is 4. The third kappa shape index (κ3) is 2.97. The Labute approximate surface area is 95.7 Å². The van der Waals surface area contributed by atoms with E-state index < -0.39 is 5.97 Å². The van der Waals surface area contributed by atoms with Crippen LogP contribution in [0.3, 0.4) is 0 Å². The third-order valence-corrected chi connectivity index (χ3v) is 1.94. The molecule has 0 saturated carbocycles. The highest BCUT2D eigenvalue weighted by molar-refractivity contribution is 5.85. The highest BCUT2D eigenvalue weighted by Gasteiger charge is 2.05. The number of nitrogens with one attached hydrogen (secondary N) is 1. The van der Waals surface area contributed by atoms with Crippen LogP contribution in [0.1, 0.15) is 16.4 Å². The van der Waals surface area contributed by atoms with Crippen LogP contribution in [0.2, 0.25) is 0 Å². The topological polar surface area (TPSA) is 114 Å². The quantitative estimate of drug-likeness (QED) is 0.755. The van der Waals surface area contributed by atoms with Crippen molar-refractivity contribution < 1.29 is 14.4 Å². The molecule has 0 aliphatic rings. The zero-order chi connectivity index (χ0) is 12.1. The van der Waals surface area contributed by atoms with E-state index in [-0.39, 0.29) is 5.69 Å². The minimum atomic E-state index is -1.10. The summed E-state index contributed by atoms with van der Waals surface area (Å²) >= 11 is 0. The Kier molecular flexibility index (Phi) is 3.24. The molecule has 8 nitrogen and oxygen atoms in total. The molecule has 0 aliphatic heterocycles. The number of carboxylic acid groups (broad SMARTS) is 1. The fraction of sp³-hybridized carbons (Fsp3) is 0.222. The second-order valence-corrected chi connectivity index (χ2v) is 3.12. The molecule has 0 aromatic carbocycles. The molecule has 0 spiro atoms. The van der Waals surface area contributed by atoms with Crippen molar-refractivity contribution in [2.75, 3.05) is 11.9 Å². The molecule has 88 valence electrons. The van der Waals surface area contributed by atoms with Gasteiger partial charge in [0.15, 0.2) is 12.0 Å². The summed E-state index contributed by atoms with van der Waals surface area (Å²) in [5.41, 5.74) is -0.0903.